The minimum absolute atomic E-state index is 0.113. The van der Waals surface area contributed by atoms with E-state index in [0.29, 0.717) is 13.1 Å². The van der Waals surface area contributed by atoms with Crippen LogP contribution in [0.2, 0.25) is 0 Å². The molecule has 5 heteroatoms. The molecule has 0 aliphatic carbocycles. The standard InChI is InChI=1S/C7H13N3O2/c1-8-3-4-10-6(11)5-9(2)7(10)12/h8H,3-5H2,1-2H3. The van der Waals surface area contributed by atoms with Gasteiger partial charge in [-0.25, -0.2) is 4.79 Å². The van der Waals surface area contributed by atoms with Crippen LogP contribution < -0.4 is 5.32 Å². The molecule has 0 atom stereocenters. The Bertz CT molecular complexity index is 205. The van der Waals surface area contributed by atoms with E-state index in [1.807, 2.05) is 0 Å². The van der Waals surface area contributed by atoms with Gasteiger partial charge in [0.15, 0.2) is 0 Å². The van der Waals surface area contributed by atoms with Crippen LogP contribution in [0.3, 0.4) is 0 Å². The molecule has 0 aromatic heterocycles. The maximum atomic E-state index is 11.2. The van der Waals surface area contributed by atoms with Gasteiger partial charge in [0.25, 0.3) is 0 Å². The van der Waals surface area contributed by atoms with Gasteiger partial charge in [-0.1, -0.05) is 0 Å². The second-order valence-electron chi connectivity index (χ2n) is 2.79. The van der Waals surface area contributed by atoms with Crippen molar-refractivity contribution in [2.24, 2.45) is 0 Å². The van der Waals surface area contributed by atoms with Gasteiger partial charge in [0.1, 0.15) is 6.54 Å². The Morgan fingerprint density at radius 3 is 2.58 bits per heavy atom. The van der Waals surface area contributed by atoms with E-state index in [4.69, 9.17) is 0 Å². The largest absolute Gasteiger partial charge is 0.327 e. The summed E-state index contributed by atoms with van der Waals surface area (Å²) in [6.45, 7) is 1.31. The first-order valence-corrected chi connectivity index (χ1v) is 3.87. The molecule has 1 heterocycles. The molecule has 1 fully saturated rings. The summed E-state index contributed by atoms with van der Waals surface area (Å²) < 4.78 is 0. The van der Waals surface area contributed by atoms with Gasteiger partial charge in [-0.05, 0) is 7.05 Å². The first kappa shape index (κ1) is 8.99. The van der Waals surface area contributed by atoms with Crippen molar-refractivity contribution in [1.29, 1.82) is 0 Å². The van der Waals surface area contributed by atoms with E-state index in [9.17, 15) is 9.59 Å². The smallest absolute Gasteiger partial charge is 0.318 e. The topological polar surface area (TPSA) is 52.7 Å². The molecular formula is C7H13N3O2. The highest BCUT2D eigenvalue weighted by Crippen LogP contribution is 2.06. The van der Waals surface area contributed by atoms with Crippen molar-refractivity contribution in [3.8, 4) is 0 Å². The molecule has 0 radical (unpaired) electrons. The first-order chi connectivity index (χ1) is 5.66. The van der Waals surface area contributed by atoms with E-state index in [0.717, 1.165) is 0 Å². The van der Waals surface area contributed by atoms with Gasteiger partial charge in [0, 0.05) is 20.1 Å². The van der Waals surface area contributed by atoms with Crippen LogP contribution in [-0.4, -0.2) is 55.5 Å². The Morgan fingerprint density at radius 2 is 2.17 bits per heavy atom. The van der Waals surface area contributed by atoms with Crippen molar-refractivity contribution < 1.29 is 9.59 Å². The van der Waals surface area contributed by atoms with Gasteiger partial charge >= 0.3 is 6.03 Å². The van der Waals surface area contributed by atoms with Crippen LogP contribution in [0.1, 0.15) is 0 Å². The quantitative estimate of drug-likeness (QED) is 0.560. The number of urea groups is 1. The van der Waals surface area contributed by atoms with Gasteiger partial charge < -0.3 is 10.2 Å². The zero-order valence-corrected chi connectivity index (χ0v) is 7.33. The lowest BCUT2D eigenvalue weighted by molar-refractivity contribution is -0.125. The molecular weight excluding hydrogens is 158 g/mol. The summed E-state index contributed by atoms with van der Waals surface area (Å²) in [4.78, 5) is 25.0. The van der Waals surface area contributed by atoms with Crippen molar-refractivity contribution in [2.75, 3.05) is 33.7 Å². The Kier molecular flexibility index (Phi) is 2.65. The average molecular weight is 171 g/mol. The van der Waals surface area contributed by atoms with E-state index in [-0.39, 0.29) is 18.5 Å². The summed E-state index contributed by atoms with van der Waals surface area (Å²) in [5, 5.41) is 2.89. The summed E-state index contributed by atoms with van der Waals surface area (Å²) in [5.74, 6) is -0.113. The number of hydrogen-bond acceptors (Lipinski definition) is 3. The van der Waals surface area contributed by atoms with Crippen molar-refractivity contribution in [3.63, 3.8) is 0 Å². The van der Waals surface area contributed by atoms with Gasteiger partial charge in [0.2, 0.25) is 5.91 Å². The second kappa shape index (κ2) is 3.53. The molecule has 1 N–H and O–H groups in total. The lowest BCUT2D eigenvalue weighted by Crippen LogP contribution is -2.36. The van der Waals surface area contributed by atoms with Crippen LogP contribution in [0.25, 0.3) is 0 Å². The molecule has 0 bridgehead atoms. The Labute approximate surface area is 71.3 Å². The maximum Gasteiger partial charge on any atom is 0.327 e. The number of nitrogens with one attached hydrogen (secondary N) is 1. The zero-order valence-electron chi connectivity index (χ0n) is 7.33. The minimum Gasteiger partial charge on any atom is -0.318 e. The fourth-order valence-corrected chi connectivity index (χ4v) is 1.11. The van der Waals surface area contributed by atoms with Crippen LogP contribution in [0.5, 0.6) is 0 Å². The fraction of sp³-hybridized carbons (Fsp3) is 0.714. The predicted molar refractivity (Wildman–Crippen MR) is 43.7 cm³/mol. The zero-order chi connectivity index (χ0) is 9.14. The van der Waals surface area contributed by atoms with Gasteiger partial charge in [-0.2, -0.15) is 0 Å². The summed E-state index contributed by atoms with van der Waals surface area (Å²) in [6.07, 6.45) is 0. The normalized spacial score (nSPS) is 17.8. The molecule has 5 nitrogen and oxygen atoms in total. The van der Waals surface area contributed by atoms with Crippen molar-refractivity contribution in [3.05, 3.63) is 0 Å². The SMILES string of the molecule is CNCCN1C(=O)CN(C)C1=O. The van der Waals surface area contributed by atoms with E-state index in [1.54, 1.807) is 14.1 Å². The third-order valence-electron chi connectivity index (χ3n) is 1.82. The highest BCUT2D eigenvalue weighted by Gasteiger charge is 2.32. The third-order valence-corrected chi connectivity index (χ3v) is 1.82. The van der Waals surface area contributed by atoms with Crippen molar-refractivity contribution >= 4 is 11.9 Å². The lowest BCUT2D eigenvalue weighted by atomic mass is 10.5. The Hall–Kier alpha value is -1.10. The Balaban J connectivity index is 2.52. The number of nitrogens with zero attached hydrogens (tertiary/aromatic N) is 2. The fourth-order valence-electron chi connectivity index (χ4n) is 1.11. The number of rotatable bonds is 3. The molecule has 1 aliphatic rings. The van der Waals surface area contributed by atoms with Crippen LogP contribution in [0, 0.1) is 0 Å². The molecule has 0 aromatic rings. The van der Waals surface area contributed by atoms with Crippen LogP contribution in [0.4, 0.5) is 4.79 Å². The van der Waals surface area contributed by atoms with Gasteiger partial charge in [0.05, 0.1) is 0 Å². The number of likely N-dealkylation sites (N-methyl/N-ethyl adjacent to an activating group) is 2. The molecule has 3 amide bonds. The third kappa shape index (κ3) is 1.55. The monoisotopic (exact) mass is 171 g/mol. The molecule has 0 unspecified atom stereocenters. The number of carbonyl (C=O) groups excluding carboxylic acids is 2. The molecule has 1 aliphatic heterocycles. The van der Waals surface area contributed by atoms with Crippen LogP contribution in [-0.2, 0) is 4.79 Å². The number of amides is 3. The number of hydrogen-bond donors (Lipinski definition) is 1. The maximum absolute atomic E-state index is 11.2. The van der Waals surface area contributed by atoms with Crippen molar-refractivity contribution in [1.82, 2.24) is 15.1 Å². The molecule has 12 heavy (non-hydrogen) atoms. The molecule has 1 rings (SSSR count). The van der Waals surface area contributed by atoms with E-state index in [2.05, 4.69) is 5.32 Å². The summed E-state index contributed by atoms with van der Waals surface area (Å²) in [7, 11) is 3.41. The first-order valence-electron chi connectivity index (χ1n) is 3.87. The van der Waals surface area contributed by atoms with Gasteiger partial charge in [-0.3, -0.25) is 9.69 Å². The summed E-state index contributed by atoms with van der Waals surface area (Å²) >= 11 is 0. The highest BCUT2D eigenvalue weighted by molar-refractivity contribution is 6.01. The van der Waals surface area contributed by atoms with Crippen LogP contribution >= 0.6 is 0 Å². The molecule has 1 saturated heterocycles. The molecule has 68 valence electrons. The second-order valence-corrected chi connectivity index (χ2v) is 2.79. The lowest BCUT2D eigenvalue weighted by Gasteiger charge is -2.12. The average Bonchev–Trinajstić information content (AvgIpc) is 2.25. The van der Waals surface area contributed by atoms with Crippen molar-refractivity contribution in [2.45, 2.75) is 0 Å². The minimum atomic E-state index is -0.199. The number of carbonyl (C=O) groups is 2. The summed E-state index contributed by atoms with van der Waals surface area (Å²) in [6, 6.07) is -0.199. The molecule has 0 aromatic carbocycles. The number of imide groups is 1. The van der Waals surface area contributed by atoms with Gasteiger partial charge in [-0.15, -0.1) is 0 Å². The Morgan fingerprint density at radius 1 is 1.50 bits per heavy atom. The van der Waals surface area contributed by atoms with E-state index in [1.165, 1.54) is 9.80 Å². The van der Waals surface area contributed by atoms with E-state index < -0.39 is 0 Å². The summed E-state index contributed by atoms with van der Waals surface area (Å²) in [5.41, 5.74) is 0. The van der Waals surface area contributed by atoms with Crippen LogP contribution in [0.15, 0.2) is 0 Å². The molecule has 0 spiro atoms. The molecule has 0 saturated carbocycles. The predicted octanol–water partition coefficient (Wildman–Crippen LogP) is -0.900. The highest BCUT2D eigenvalue weighted by atomic mass is 16.2. The van der Waals surface area contributed by atoms with E-state index >= 15 is 0 Å².